The third kappa shape index (κ3) is 6.69. The molecule has 146 valence electrons. The Morgan fingerprint density at radius 2 is 1.93 bits per heavy atom. The summed E-state index contributed by atoms with van der Waals surface area (Å²) in [5.74, 6) is -0.953. The summed E-state index contributed by atoms with van der Waals surface area (Å²) in [5, 5.41) is 7.89. The molecule has 0 radical (unpaired) electrons. The molecule has 0 bridgehead atoms. The van der Waals surface area contributed by atoms with E-state index in [1.807, 2.05) is 0 Å². The second-order valence-electron chi connectivity index (χ2n) is 5.34. The summed E-state index contributed by atoms with van der Waals surface area (Å²) in [4.78, 5) is 35.4. The Balaban J connectivity index is 1.94. The lowest BCUT2D eigenvalue weighted by atomic mass is 10.1. The van der Waals surface area contributed by atoms with Gasteiger partial charge in [-0.1, -0.05) is 12.1 Å². The van der Waals surface area contributed by atoms with Crippen LogP contribution >= 0.6 is 12.2 Å². The molecule has 2 amide bonds. The van der Waals surface area contributed by atoms with Crippen LogP contribution in [0.4, 0.5) is 5.69 Å². The van der Waals surface area contributed by atoms with Gasteiger partial charge in [0, 0.05) is 12.2 Å². The van der Waals surface area contributed by atoms with Crippen LogP contribution in [0.5, 0.6) is 0 Å². The molecule has 2 aromatic rings. The Labute approximate surface area is 166 Å². The van der Waals surface area contributed by atoms with Crippen LogP contribution in [0.25, 0.3) is 0 Å². The van der Waals surface area contributed by atoms with Gasteiger partial charge in [0.1, 0.15) is 5.76 Å². The van der Waals surface area contributed by atoms with Crippen LogP contribution in [0.1, 0.15) is 23.0 Å². The molecule has 0 spiro atoms. The van der Waals surface area contributed by atoms with Gasteiger partial charge < -0.3 is 19.8 Å². The molecule has 2 rings (SSSR count). The van der Waals surface area contributed by atoms with Crippen molar-refractivity contribution in [2.75, 3.05) is 11.9 Å². The van der Waals surface area contributed by atoms with E-state index in [9.17, 15) is 14.4 Å². The molecule has 1 aromatic heterocycles. The van der Waals surface area contributed by atoms with Gasteiger partial charge in [-0.3, -0.25) is 14.9 Å². The number of carbonyl (C=O) groups is 3. The van der Waals surface area contributed by atoms with E-state index < -0.39 is 11.9 Å². The quantitative estimate of drug-likeness (QED) is 0.370. The molecule has 0 unspecified atom stereocenters. The van der Waals surface area contributed by atoms with Crippen molar-refractivity contribution in [3.63, 3.8) is 0 Å². The van der Waals surface area contributed by atoms with Crippen LogP contribution in [0.2, 0.25) is 0 Å². The fourth-order valence-electron chi connectivity index (χ4n) is 2.11. The zero-order valence-corrected chi connectivity index (χ0v) is 15.9. The van der Waals surface area contributed by atoms with E-state index in [1.165, 1.54) is 6.26 Å². The van der Waals surface area contributed by atoms with Crippen molar-refractivity contribution in [3.05, 3.63) is 66.1 Å². The number of nitrogens with one attached hydrogen (secondary N) is 3. The number of para-hydroxylation sites is 1. The van der Waals surface area contributed by atoms with Gasteiger partial charge >= 0.3 is 5.97 Å². The number of hydrogen-bond donors (Lipinski definition) is 3. The van der Waals surface area contributed by atoms with Crippen LogP contribution in [-0.2, 0) is 20.9 Å². The summed E-state index contributed by atoms with van der Waals surface area (Å²) < 4.78 is 9.85. The predicted molar refractivity (Wildman–Crippen MR) is 106 cm³/mol. The molecule has 0 fully saturated rings. The number of hydrogen-bond acceptors (Lipinski definition) is 6. The summed E-state index contributed by atoms with van der Waals surface area (Å²) in [6.45, 7) is 2.11. The van der Waals surface area contributed by atoms with Crippen LogP contribution in [0.3, 0.4) is 0 Å². The summed E-state index contributed by atoms with van der Waals surface area (Å²) in [6.07, 6.45) is 3.53. The zero-order chi connectivity index (χ0) is 20.4. The van der Waals surface area contributed by atoms with Gasteiger partial charge in [-0.25, -0.2) is 4.79 Å². The standard InChI is InChI=1S/C19H19N3O5S/c1-2-26-17(24)10-9-16(23)22-19(28)21-15-8-4-3-7-14(15)18(25)20-12-13-6-5-11-27-13/h3-11H,2,12H2,1H3,(H,20,25)(H2,21,22,23,28). The molecule has 0 aliphatic rings. The predicted octanol–water partition coefficient (Wildman–Crippen LogP) is 2.14. The topological polar surface area (TPSA) is 110 Å². The van der Waals surface area contributed by atoms with E-state index in [1.54, 1.807) is 43.3 Å². The molecule has 1 heterocycles. The molecule has 0 aliphatic heterocycles. The first-order chi connectivity index (χ1) is 13.5. The summed E-state index contributed by atoms with van der Waals surface area (Å²) in [6, 6.07) is 10.2. The van der Waals surface area contributed by atoms with Gasteiger partial charge in [0.05, 0.1) is 30.7 Å². The number of esters is 1. The molecular weight excluding hydrogens is 382 g/mol. The Morgan fingerprint density at radius 3 is 2.64 bits per heavy atom. The lowest BCUT2D eigenvalue weighted by molar-refractivity contribution is -0.137. The first kappa shape index (κ1) is 20.8. The van der Waals surface area contributed by atoms with Gasteiger partial charge in [-0.05, 0) is 43.4 Å². The lowest BCUT2D eigenvalue weighted by Crippen LogP contribution is -2.34. The van der Waals surface area contributed by atoms with Crippen LogP contribution < -0.4 is 16.0 Å². The number of carbonyl (C=O) groups excluding carboxylic acids is 3. The highest BCUT2D eigenvalue weighted by Gasteiger charge is 2.13. The Hall–Kier alpha value is -3.46. The van der Waals surface area contributed by atoms with Crippen LogP contribution in [-0.4, -0.2) is 29.5 Å². The maximum atomic E-state index is 12.4. The van der Waals surface area contributed by atoms with Gasteiger partial charge in [0.2, 0.25) is 5.91 Å². The number of anilines is 1. The third-order valence-electron chi connectivity index (χ3n) is 3.32. The van der Waals surface area contributed by atoms with Crippen molar-refractivity contribution in [1.82, 2.24) is 10.6 Å². The average Bonchev–Trinajstić information content (AvgIpc) is 3.18. The smallest absolute Gasteiger partial charge is 0.330 e. The van der Waals surface area contributed by atoms with E-state index in [2.05, 4.69) is 20.7 Å². The molecular formula is C19H19N3O5S. The highest BCUT2D eigenvalue weighted by Crippen LogP contribution is 2.15. The third-order valence-corrected chi connectivity index (χ3v) is 3.52. The number of benzene rings is 1. The lowest BCUT2D eigenvalue weighted by Gasteiger charge is -2.12. The minimum atomic E-state index is -0.630. The zero-order valence-electron chi connectivity index (χ0n) is 15.1. The fourth-order valence-corrected chi connectivity index (χ4v) is 2.32. The number of furan rings is 1. The molecule has 1 aromatic carbocycles. The van der Waals surface area contributed by atoms with Crippen molar-refractivity contribution in [1.29, 1.82) is 0 Å². The normalized spacial score (nSPS) is 10.3. The first-order valence-corrected chi connectivity index (χ1v) is 8.76. The van der Waals surface area contributed by atoms with Gasteiger partial charge in [0.15, 0.2) is 5.11 Å². The molecule has 0 saturated heterocycles. The molecule has 3 N–H and O–H groups in total. The van der Waals surface area contributed by atoms with Crippen LogP contribution in [0.15, 0.2) is 59.2 Å². The highest BCUT2D eigenvalue weighted by molar-refractivity contribution is 7.80. The summed E-state index contributed by atoms with van der Waals surface area (Å²) >= 11 is 5.08. The molecule has 28 heavy (non-hydrogen) atoms. The average molecular weight is 401 g/mol. The maximum absolute atomic E-state index is 12.4. The van der Waals surface area contributed by atoms with Crippen molar-refractivity contribution in [2.45, 2.75) is 13.5 Å². The number of thiocarbonyl (C=S) groups is 1. The first-order valence-electron chi connectivity index (χ1n) is 8.36. The van der Waals surface area contributed by atoms with E-state index >= 15 is 0 Å². The van der Waals surface area contributed by atoms with E-state index in [-0.39, 0.29) is 24.2 Å². The molecule has 0 atom stereocenters. The Morgan fingerprint density at radius 1 is 1.14 bits per heavy atom. The van der Waals surface area contributed by atoms with E-state index in [0.717, 1.165) is 12.2 Å². The SMILES string of the molecule is CCOC(=O)C=CC(=O)NC(=S)Nc1ccccc1C(=O)NCc1ccco1. The summed E-state index contributed by atoms with van der Waals surface area (Å²) in [7, 11) is 0. The molecule has 0 saturated carbocycles. The molecule has 9 heteroatoms. The number of ether oxygens (including phenoxy) is 1. The number of amides is 2. The Bertz CT molecular complexity index is 877. The van der Waals surface area contributed by atoms with E-state index in [0.29, 0.717) is 17.0 Å². The molecule has 0 aliphatic carbocycles. The molecule has 8 nitrogen and oxygen atoms in total. The highest BCUT2D eigenvalue weighted by atomic mass is 32.1. The van der Waals surface area contributed by atoms with Crippen LogP contribution in [0, 0.1) is 0 Å². The van der Waals surface area contributed by atoms with Gasteiger partial charge in [-0.2, -0.15) is 0 Å². The summed E-state index contributed by atoms with van der Waals surface area (Å²) in [5.41, 5.74) is 0.756. The second kappa shape index (κ2) is 10.6. The van der Waals surface area contributed by atoms with Crippen molar-refractivity contribution in [3.8, 4) is 0 Å². The minimum Gasteiger partial charge on any atom is -0.467 e. The number of rotatable bonds is 7. The minimum absolute atomic E-state index is 0.0233. The fraction of sp³-hybridized carbons (Fsp3) is 0.158. The monoisotopic (exact) mass is 401 g/mol. The van der Waals surface area contributed by atoms with Gasteiger partial charge in [0.25, 0.3) is 5.91 Å². The van der Waals surface area contributed by atoms with Gasteiger partial charge in [-0.15, -0.1) is 0 Å². The van der Waals surface area contributed by atoms with Crippen molar-refractivity contribution in [2.24, 2.45) is 0 Å². The second-order valence-corrected chi connectivity index (χ2v) is 5.74. The van der Waals surface area contributed by atoms with Crippen molar-refractivity contribution >= 4 is 40.8 Å². The largest absolute Gasteiger partial charge is 0.467 e. The maximum Gasteiger partial charge on any atom is 0.330 e. The van der Waals surface area contributed by atoms with E-state index in [4.69, 9.17) is 16.6 Å². The van der Waals surface area contributed by atoms with Crippen molar-refractivity contribution < 1.29 is 23.5 Å². The Kier molecular flexibility index (Phi) is 7.92.